The van der Waals surface area contributed by atoms with Crippen LogP contribution in [0.15, 0.2) is 41.4 Å². The van der Waals surface area contributed by atoms with Gasteiger partial charge in [0.25, 0.3) is 0 Å². The van der Waals surface area contributed by atoms with Crippen LogP contribution in [0.3, 0.4) is 0 Å². The topological polar surface area (TPSA) is 87.6 Å². The largest absolute Gasteiger partial charge is 0.481 e. The summed E-state index contributed by atoms with van der Waals surface area (Å²) in [6, 6.07) is 8.27. The van der Waals surface area contributed by atoms with Gasteiger partial charge in [0.2, 0.25) is 10.0 Å². The van der Waals surface area contributed by atoms with E-state index in [1.165, 1.54) is 10.4 Å². The minimum absolute atomic E-state index is 0.0221. The first-order valence-corrected chi connectivity index (χ1v) is 7.51. The number of carbonyl (C=O) groups is 1. The average Bonchev–Trinajstić information content (AvgIpc) is 2.35. The lowest BCUT2D eigenvalue weighted by Crippen LogP contribution is -2.52. The summed E-state index contributed by atoms with van der Waals surface area (Å²) in [7, 11) is -3.67. The smallest absolute Gasteiger partial charge is 0.309 e. The number of hydrogen-bond acceptors (Lipinski definition) is 4. The van der Waals surface area contributed by atoms with Crippen LogP contribution in [0.25, 0.3) is 10.9 Å². The molecule has 0 spiro atoms. The summed E-state index contributed by atoms with van der Waals surface area (Å²) in [5.41, 5.74) is 0.601. The molecule has 0 unspecified atom stereocenters. The van der Waals surface area contributed by atoms with Crippen LogP contribution in [-0.2, 0) is 14.8 Å². The Morgan fingerprint density at radius 2 is 2.00 bits per heavy atom. The number of fused-ring (bicyclic) bond motifs is 1. The van der Waals surface area contributed by atoms with E-state index in [1.54, 1.807) is 30.5 Å². The van der Waals surface area contributed by atoms with Crippen molar-refractivity contribution >= 4 is 26.9 Å². The van der Waals surface area contributed by atoms with E-state index in [0.29, 0.717) is 10.9 Å². The second-order valence-electron chi connectivity index (χ2n) is 4.68. The van der Waals surface area contributed by atoms with Crippen molar-refractivity contribution in [3.63, 3.8) is 0 Å². The zero-order chi connectivity index (χ0) is 14.3. The van der Waals surface area contributed by atoms with E-state index in [0.717, 1.165) is 0 Å². The van der Waals surface area contributed by atoms with Gasteiger partial charge in [-0.25, -0.2) is 8.42 Å². The van der Waals surface area contributed by atoms with Crippen molar-refractivity contribution in [3.8, 4) is 0 Å². The van der Waals surface area contributed by atoms with Gasteiger partial charge in [-0.05, 0) is 24.3 Å². The first-order chi connectivity index (χ1) is 9.50. The summed E-state index contributed by atoms with van der Waals surface area (Å²) >= 11 is 0. The summed E-state index contributed by atoms with van der Waals surface area (Å²) in [6.45, 7) is 0.0443. The molecule has 0 atom stereocenters. The molecule has 0 aliphatic carbocycles. The maximum Gasteiger partial charge on any atom is 0.309 e. The molecule has 0 amide bonds. The monoisotopic (exact) mass is 292 g/mol. The molecular formula is C13H12N2O4S. The average molecular weight is 292 g/mol. The predicted molar refractivity (Wildman–Crippen MR) is 71.6 cm³/mol. The summed E-state index contributed by atoms with van der Waals surface area (Å²) in [5.74, 6) is -1.58. The Balaban J connectivity index is 2.01. The quantitative estimate of drug-likeness (QED) is 0.909. The van der Waals surface area contributed by atoms with Crippen LogP contribution in [-0.4, -0.2) is 41.9 Å². The van der Waals surface area contributed by atoms with Crippen molar-refractivity contribution < 1.29 is 18.3 Å². The molecule has 6 nitrogen and oxygen atoms in total. The first kappa shape index (κ1) is 13.0. The van der Waals surface area contributed by atoms with Gasteiger partial charge in [-0.1, -0.05) is 6.07 Å². The van der Waals surface area contributed by atoms with E-state index in [1.807, 2.05) is 0 Å². The van der Waals surface area contributed by atoms with Gasteiger partial charge < -0.3 is 5.11 Å². The van der Waals surface area contributed by atoms with Crippen LogP contribution in [0.1, 0.15) is 0 Å². The standard InChI is InChI=1S/C13H12N2O4S/c16-13(17)9-7-15(8-9)20(18,19)12-5-1-4-11-10(12)3-2-6-14-11/h1-6,9H,7-8H2,(H,16,17). The van der Waals surface area contributed by atoms with Crippen LogP contribution >= 0.6 is 0 Å². The lowest BCUT2D eigenvalue weighted by molar-refractivity contribution is -0.145. The fourth-order valence-electron chi connectivity index (χ4n) is 2.23. The second kappa shape index (κ2) is 4.53. The number of rotatable bonds is 3. The van der Waals surface area contributed by atoms with Crippen molar-refractivity contribution in [1.29, 1.82) is 0 Å². The number of sulfonamides is 1. The summed E-state index contributed by atoms with van der Waals surface area (Å²) in [5, 5.41) is 9.38. The number of aliphatic carboxylic acids is 1. The molecule has 2 aromatic rings. The molecule has 20 heavy (non-hydrogen) atoms. The third kappa shape index (κ3) is 1.95. The van der Waals surface area contributed by atoms with Gasteiger partial charge in [0.15, 0.2) is 0 Å². The van der Waals surface area contributed by atoms with E-state index in [-0.39, 0.29) is 18.0 Å². The van der Waals surface area contributed by atoms with Gasteiger partial charge >= 0.3 is 5.97 Å². The molecule has 3 rings (SSSR count). The van der Waals surface area contributed by atoms with Crippen LogP contribution in [0.4, 0.5) is 0 Å². The Bertz CT molecular complexity index is 777. The van der Waals surface area contributed by atoms with Gasteiger partial charge in [0, 0.05) is 24.7 Å². The Morgan fingerprint density at radius 3 is 2.70 bits per heavy atom. The van der Waals surface area contributed by atoms with Crippen molar-refractivity contribution in [2.45, 2.75) is 4.90 Å². The van der Waals surface area contributed by atoms with Crippen LogP contribution in [0.2, 0.25) is 0 Å². The van der Waals surface area contributed by atoms with Crippen molar-refractivity contribution in [2.75, 3.05) is 13.1 Å². The number of nitrogens with zero attached hydrogens (tertiary/aromatic N) is 2. The van der Waals surface area contributed by atoms with E-state index in [9.17, 15) is 13.2 Å². The zero-order valence-electron chi connectivity index (χ0n) is 10.4. The molecule has 0 saturated carbocycles. The van der Waals surface area contributed by atoms with Crippen molar-refractivity contribution in [1.82, 2.24) is 9.29 Å². The number of pyridine rings is 1. The maximum atomic E-state index is 12.5. The molecule has 1 fully saturated rings. The second-order valence-corrected chi connectivity index (χ2v) is 6.59. The van der Waals surface area contributed by atoms with E-state index in [2.05, 4.69) is 4.98 Å². The molecule has 1 aliphatic heterocycles. The SMILES string of the molecule is O=C(O)C1CN(S(=O)(=O)c2cccc3ncccc23)C1. The Morgan fingerprint density at radius 1 is 1.25 bits per heavy atom. The molecule has 104 valence electrons. The molecular weight excluding hydrogens is 280 g/mol. The highest BCUT2D eigenvalue weighted by atomic mass is 32.2. The van der Waals surface area contributed by atoms with Crippen LogP contribution in [0.5, 0.6) is 0 Å². The summed E-state index contributed by atoms with van der Waals surface area (Å²) in [6.07, 6.45) is 1.60. The number of benzene rings is 1. The van der Waals surface area contributed by atoms with Gasteiger partial charge in [-0.15, -0.1) is 0 Å². The lowest BCUT2D eigenvalue weighted by Gasteiger charge is -2.35. The predicted octanol–water partition coefficient (Wildman–Crippen LogP) is 0.940. The highest BCUT2D eigenvalue weighted by Crippen LogP contribution is 2.29. The fourth-order valence-corrected chi connectivity index (χ4v) is 3.96. The Kier molecular flexibility index (Phi) is 2.95. The first-order valence-electron chi connectivity index (χ1n) is 6.07. The van der Waals surface area contributed by atoms with Crippen LogP contribution < -0.4 is 0 Å². The number of hydrogen-bond donors (Lipinski definition) is 1. The Labute approximate surface area is 115 Å². The molecule has 1 N–H and O–H groups in total. The van der Waals surface area contributed by atoms with Crippen molar-refractivity contribution in [2.24, 2.45) is 5.92 Å². The third-order valence-electron chi connectivity index (χ3n) is 3.42. The molecule has 1 saturated heterocycles. The minimum Gasteiger partial charge on any atom is -0.481 e. The van der Waals surface area contributed by atoms with E-state index in [4.69, 9.17) is 5.11 Å². The van der Waals surface area contributed by atoms with E-state index >= 15 is 0 Å². The normalized spacial score (nSPS) is 17.0. The van der Waals surface area contributed by atoms with Gasteiger partial charge in [-0.3, -0.25) is 9.78 Å². The summed E-state index contributed by atoms with van der Waals surface area (Å²) < 4.78 is 26.2. The molecule has 2 heterocycles. The number of aromatic nitrogens is 1. The summed E-state index contributed by atoms with van der Waals surface area (Å²) in [4.78, 5) is 15.1. The highest BCUT2D eigenvalue weighted by molar-refractivity contribution is 7.89. The van der Waals surface area contributed by atoms with E-state index < -0.39 is 21.9 Å². The molecule has 7 heteroatoms. The number of carboxylic acid groups (broad SMARTS) is 1. The van der Waals surface area contributed by atoms with Gasteiger partial charge in [0.05, 0.1) is 16.3 Å². The third-order valence-corrected chi connectivity index (χ3v) is 5.31. The molecule has 1 aliphatic rings. The van der Waals surface area contributed by atoms with Crippen molar-refractivity contribution in [3.05, 3.63) is 36.5 Å². The van der Waals surface area contributed by atoms with Gasteiger partial charge in [0.1, 0.15) is 0 Å². The molecule has 1 aromatic heterocycles. The Hall–Kier alpha value is -1.99. The fraction of sp³-hybridized carbons (Fsp3) is 0.231. The molecule has 0 radical (unpaired) electrons. The maximum absolute atomic E-state index is 12.5. The van der Waals surface area contributed by atoms with Crippen LogP contribution in [0, 0.1) is 5.92 Å². The molecule has 0 bridgehead atoms. The molecule has 1 aromatic carbocycles. The minimum atomic E-state index is -3.67. The lowest BCUT2D eigenvalue weighted by atomic mass is 10.0. The van der Waals surface area contributed by atoms with Gasteiger partial charge in [-0.2, -0.15) is 4.31 Å². The number of carboxylic acids is 1. The highest BCUT2D eigenvalue weighted by Gasteiger charge is 2.40. The zero-order valence-corrected chi connectivity index (χ0v) is 11.2.